The lowest BCUT2D eigenvalue weighted by Gasteiger charge is -2.14. The summed E-state index contributed by atoms with van der Waals surface area (Å²) in [6.45, 7) is -0.852. The zero-order valence-corrected chi connectivity index (χ0v) is 11.8. The number of urea groups is 1. The highest BCUT2D eigenvalue weighted by Crippen LogP contribution is 2.33. The molecule has 116 valence electrons. The maximum absolute atomic E-state index is 12.6. The van der Waals surface area contributed by atoms with Crippen molar-refractivity contribution in [3.8, 4) is 0 Å². The van der Waals surface area contributed by atoms with Gasteiger partial charge in [0.05, 0.1) is 12.2 Å². The van der Waals surface area contributed by atoms with E-state index in [9.17, 15) is 22.8 Å². The average molecular weight is 371 g/mol. The summed E-state index contributed by atoms with van der Waals surface area (Å²) in [6.07, 6.45) is -4.59. The van der Waals surface area contributed by atoms with E-state index in [2.05, 4.69) is 21.2 Å². The molecular formula is C11H10BrF3N2O4. The molecule has 0 aliphatic carbocycles. The predicted octanol–water partition coefficient (Wildman–Crippen LogP) is 2.03. The summed E-state index contributed by atoms with van der Waals surface area (Å²) in [5, 5.41) is 21.3. The fourth-order valence-corrected chi connectivity index (χ4v) is 1.83. The maximum atomic E-state index is 12.6. The topological polar surface area (TPSA) is 98.7 Å². The van der Waals surface area contributed by atoms with Crippen molar-refractivity contribution in [1.29, 1.82) is 0 Å². The van der Waals surface area contributed by atoms with E-state index in [1.165, 1.54) is 6.07 Å². The number of anilines is 1. The Morgan fingerprint density at radius 1 is 1.29 bits per heavy atom. The highest BCUT2D eigenvalue weighted by molar-refractivity contribution is 9.10. The van der Waals surface area contributed by atoms with E-state index in [1.54, 1.807) is 0 Å². The van der Waals surface area contributed by atoms with Gasteiger partial charge >= 0.3 is 18.2 Å². The van der Waals surface area contributed by atoms with Gasteiger partial charge in [-0.15, -0.1) is 0 Å². The summed E-state index contributed by atoms with van der Waals surface area (Å²) in [5.41, 5.74) is -1.17. The van der Waals surface area contributed by atoms with Crippen molar-refractivity contribution < 1.29 is 33.0 Å². The Morgan fingerprint density at radius 2 is 1.90 bits per heavy atom. The molecule has 0 radical (unpaired) electrons. The number of carboxylic acids is 1. The third-order valence-corrected chi connectivity index (χ3v) is 2.73. The van der Waals surface area contributed by atoms with Crippen molar-refractivity contribution in [3.05, 3.63) is 28.2 Å². The lowest BCUT2D eigenvalue weighted by atomic mass is 10.2. The molecule has 0 aliphatic heterocycles. The van der Waals surface area contributed by atoms with Crippen LogP contribution in [-0.4, -0.2) is 34.9 Å². The second-order valence-electron chi connectivity index (χ2n) is 3.90. The molecule has 0 saturated carbocycles. The molecule has 0 heterocycles. The Morgan fingerprint density at radius 3 is 2.38 bits per heavy atom. The van der Waals surface area contributed by atoms with Gasteiger partial charge < -0.3 is 20.8 Å². The monoisotopic (exact) mass is 370 g/mol. The van der Waals surface area contributed by atoms with Crippen molar-refractivity contribution >= 4 is 33.6 Å². The Hall–Kier alpha value is -1.81. The summed E-state index contributed by atoms with van der Waals surface area (Å²) in [7, 11) is 0. The van der Waals surface area contributed by atoms with Gasteiger partial charge in [0.25, 0.3) is 0 Å². The molecule has 0 aromatic heterocycles. The van der Waals surface area contributed by atoms with E-state index in [4.69, 9.17) is 10.2 Å². The summed E-state index contributed by atoms with van der Waals surface area (Å²) in [6, 6.07) is 0.126. The molecule has 0 aliphatic rings. The summed E-state index contributed by atoms with van der Waals surface area (Å²) < 4.78 is 37.9. The molecule has 1 rings (SSSR count). The van der Waals surface area contributed by atoms with Gasteiger partial charge in [-0.1, -0.05) is 15.9 Å². The largest absolute Gasteiger partial charge is 0.480 e. The molecule has 0 fully saturated rings. The summed E-state index contributed by atoms with van der Waals surface area (Å²) >= 11 is 2.88. The first-order valence-corrected chi connectivity index (χ1v) is 6.21. The Bertz CT molecular complexity index is 551. The number of hydrogen-bond acceptors (Lipinski definition) is 3. The zero-order valence-electron chi connectivity index (χ0n) is 10.2. The van der Waals surface area contributed by atoms with Gasteiger partial charge in [0.15, 0.2) is 6.04 Å². The van der Waals surface area contributed by atoms with Crippen molar-refractivity contribution in [2.75, 3.05) is 11.9 Å². The van der Waals surface area contributed by atoms with Gasteiger partial charge in [-0.3, -0.25) is 0 Å². The fourth-order valence-electron chi connectivity index (χ4n) is 1.34. The lowest BCUT2D eigenvalue weighted by Crippen LogP contribution is -2.45. The normalized spacial score (nSPS) is 12.6. The van der Waals surface area contributed by atoms with E-state index in [-0.39, 0.29) is 10.2 Å². The number of hydrogen-bond donors (Lipinski definition) is 4. The number of aliphatic carboxylic acids is 1. The molecule has 1 aromatic carbocycles. The average Bonchev–Trinajstić information content (AvgIpc) is 2.33. The number of nitrogens with one attached hydrogen (secondary N) is 2. The molecule has 1 atom stereocenters. The number of aliphatic hydroxyl groups excluding tert-OH is 1. The summed E-state index contributed by atoms with van der Waals surface area (Å²) in [4.78, 5) is 22.1. The fraction of sp³-hybridized carbons (Fsp3) is 0.273. The second kappa shape index (κ2) is 6.76. The quantitative estimate of drug-likeness (QED) is 0.651. The van der Waals surface area contributed by atoms with Crippen molar-refractivity contribution in [2.24, 2.45) is 0 Å². The summed E-state index contributed by atoms with van der Waals surface area (Å²) in [5.74, 6) is -1.47. The third kappa shape index (κ3) is 5.23. The lowest BCUT2D eigenvalue weighted by molar-refractivity contribution is -0.140. The number of amides is 2. The van der Waals surface area contributed by atoms with Crippen LogP contribution >= 0.6 is 15.9 Å². The minimum Gasteiger partial charge on any atom is -0.480 e. The van der Waals surface area contributed by atoms with Gasteiger partial charge in [0.1, 0.15) is 0 Å². The number of aliphatic hydroxyl groups is 1. The Balaban J connectivity index is 2.86. The second-order valence-corrected chi connectivity index (χ2v) is 4.81. The van der Waals surface area contributed by atoms with Crippen molar-refractivity contribution in [1.82, 2.24) is 5.32 Å². The first-order chi connectivity index (χ1) is 9.63. The number of benzene rings is 1. The molecule has 2 amide bonds. The third-order valence-electron chi connectivity index (χ3n) is 2.27. The predicted molar refractivity (Wildman–Crippen MR) is 69.8 cm³/mol. The molecule has 10 heteroatoms. The number of carbonyl (C=O) groups is 2. The first kappa shape index (κ1) is 17.2. The van der Waals surface area contributed by atoms with Gasteiger partial charge in [-0.25, -0.2) is 9.59 Å². The van der Waals surface area contributed by atoms with Crippen LogP contribution in [0.25, 0.3) is 0 Å². The van der Waals surface area contributed by atoms with Crippen LogP contribution in [0.15, 0.2) is 22.7 Å². The molecule has 0 saturated heterocycles. The smallest absolute Gasteiger partial charge is 0.416 e. The molecule has 0 spiro atoms. The van der Waals surface area contributed by atoms with Crippen LogP contribution in [0.1, 0.15) is 5.56 Å². The molecular weight excluding hydrogens is 361 g/mol. The minimum atomic E-state index is -4.59. The molecule has 0 bridgehead atoms. The minimum absolute atomic E-state index is 0.0876. The molecule has 6 nitrogen and oxygen atoms in total. The van der Waals surface area contributed by atoms with Gasteiger partial charge in [0, 0.05) is 10.2 Å². The molecule has 1 aromatic rings. The number of alkyl halides is 3. The van der Waals surface area contributed by atoms with Crippen LogP contribution in [0.2, 0.25) is 0 Å². The first-order valence-electron chi connectivity index (χ1n) is 5.42. The van der Waals surface area contributed by atoms with Gasteiger partial charge in [-0.2, -0.15) is 13.2 Å². The van der Waals surface area contributed by atoms with Crippen LogP contribution in [0.5, 0.6) is 0 Å². The van der Waals surface area contributed by atoms with E-state index < -0.39 is 36.4 Å². The molecule has 0 unspecified atom stereocenters. The van der Waals surface area contributed by atoms with Crippen LogP contribution in [-0.2, 0) is 11.0 Å². The molecule has 4 N–H and O–H groups in total. The van der Waals surface area contributed by atoms with Gasteiger partial charge in [0.2, 0.25) is 0 Å². The van der Waals surface area contributed by atoms with E-state index in [1.807, 2.05) is 5.32 Å². The van der Waals surface area contributed by atoms with Crippen LogP contribution in [0.3, 0.4) is 0 Å². The number of carbonyl (C=O) groups excluding carboxylic acids is 1. The van der Waals surface area contributed by atoms with E-state index >= 15 is 0 Å². The van der Waals surface area contributed by atoms with E-state index in [0.29, 0.717) is 6.07 Å². The Kier molecular flexibility index (Phi) is 5.55. The highest BCUT2D eigenvalue weighted by Gasteiger charge is 2.31. The van der Waals surface area contributed by atoms with Crippen LogP contribution < -0.4 is 10.6 Å². The standard InChI is InChI=1S/C11H10BrF3N2O4/c12-6-1-5(11(13,14)15)2-7(3-6)16-10(21)17-8(4-18)9(19)20/h1-3,8,18H,4H2,(H,19,20)(H2,16,17,21)/t8-/m0/s1. The van der Waals surface area contributed by atoms with Crippen LogP contribution in [0.4, 0.5) is 23.7 Å². The maximum Gasteiger partial charge on any atom is 0.416 e. The molecule has 21 heavy (non-hydrogen) atoms. The van der Waals surface area contributed by atoms with Gasteiger partial charge in [-0.05, 0) is 18.2 Å². The zero-order chi connectivity index (χ0) is 16.2. The Labute approximate surface area is 125 Å². The van der Waals surface area contributed by atoms with Crippen LogP contribution in [0, 0.1) is 0 Å². The van der Waals surface area contributed by atoms with Crippen molar-refractivity contribution in [2.45, 2.75) is 12.2 Å². The number of rotatable bonds is 4. The highest BCUT2D eigenvalue weighted by atomic mass is 79.9. The number of halogens is 4. The SMILES string of the molecule is O=C(Nc1cc(Br)cc(C(F)(F)F)c1)N[C@@H](CO)C(=O)O. The number of carboxylic acid groups (broad SMARTS) is 1. The van der Waals surface area contributed by atoms with Crippen molar-refractivity contribution in [3.63, 3.8) is 0 Å². The van der Waals surface area contributed by atoms with E-state index in [0.717, 1.165) is 6.07 Å².